The molecule has 4 nitrogen and oxygen atoms in total. The van der Waals surface area contributed by atoms with E-state index >= 15 is 0 Å². The third-order valence-corrected chi connectivity index (χ3v) is 2.31. The van der Waals surface area contributed by atoms with Crippen LogP contribution >= 0.6 is 0 Å². The Kier molecular flexibility index (Phi) is 5.95. The fourth-order valence-electron chi connectivity index (χ4n) is 1.54. The third-order valence-electron chi connectivity index (χ3n) is 2.31. The second-order valence-corrected chi connectivity index (χ2v) is 3.67. The van der Waals surface area contributed by atoms with Gasteiger partial charge in [-0.05, 0) is 18.2 Å². The largest absolute Gasteiger partial charge is 0.435 e. The first-order valence-electron chi connectivity index (χ1n) is 5.64. The van der Waals surface area contributed by atoms with Crippen molar-refractivity contribution in [1.29, 1.82) is 0 Å². The zero-order chi connectivity index (χ0) is 14.3. The lowest BCUT2D eigenvalue weighted by Gasteiger charge is -2.20. The van der Waals surface area contributed by atoms with E-state index in [1.165, 1.54) is 35.2 Å². The van der Waals surface area contributed by atoms with Crippen molar-refractivity contribution in [2.75, 3.05) is 19.7 Å². The van der Waals surface area contributed by atoms with E-state index in [0.29, 0.717) is 0 Å². The van der Waals surface area contributed by atoms with Gasteiger partial charge in [-0.1, -0.05) is 12.1 Å². The summed E-state index contributed by atoms with van der Waals surface area (Å²) in [5.41, 5.74) is 0.216. The molecule has 6 heteroatoms. The number of aliphatic hydroxyl groups is 1. The fraction of sp³-hybridized carbons (Fsp3) is 0.308. The molecular formula is C13H15F2NO3. The molecule has 0 saturated heterocycles. The van der Waals surface area contributed by atoms with Crippen molar-refractivity contribution in [3.63, 3.8) is 0 Å². The Morgan fingerprint density at radius 1 is 1.53 bits per heavy atom. The highest BCUT2D eigenvalue weighted by Crippen LogP contribution is 2.17. The second kappa shape index (κ2) is 7.48. The normalized spacial score (nSPS) is 10.3. The highest BCUT2D eigenvalue weighted by molar-refractivity contribution is 5.94. The molecule has 1 aromatic rings. The molecule has 0 radical (unpaired) electrons. The van der Waals surface area contributed by atoms with Crippen molar-refractivity contribution in [3.05, 3.63) is 42.5 Å². The van der Waals surface area contributed by atoms with Crippen LogP contribution in [0.4, 0.5) is 8.78 Å². The van der Waals surface area contributed by atoms with Crippen LogP contribution in [0.1, 0.15) is 10.4 Å². The fourth-order valence-corrected chi connectivity index (χ4v) is 1.54. The summed E-state index contributed by atoms with van der Waals surface area (Å²) < 4.78 is 28.4. The highest BCUT2D eigenvalue weighted by atomic mass is 19.3. The van der Waals surface area contributed by atoms with Gasteiger partial charge in [-0.25, -0.2) is 0 Å². The summed E-state index contributed by atoms with van der Waals surface area (Å²) in [5, 5.41) is 8.88. The Morgan fingerprint density at radius 2 is 2.26 bits per heavy atom. The summed E-state index contributed by atoms with van der Waals surface area (Å²) in [6, 6.07) is 5.53. The Balaban J connectivity index is 2.87. The first-order valence-corrected chi connectivity index (χ1v) is 5.64. The van der Waals surface area contributed by atoms with Gasteiger partial charge in [0.25, 0.3) is 5.91 Å². The molecule has 0 bridgehead atoms. The molecule has 0 atom stereocenters. The van der Waals surface area contributed by atoms with E-state index in [-0.39, 0.29) is 36.9 Å². The predicted molar refractivity (Wildman–Crippen MR) is 66.3 cm³/mol. The van der Waals surface area contributed by atoms with E-state index in [1.807, 2.05) is 0 Å². The molecule has 0 aliphatic heterocycles. The Morgan fingerprint density at radius 3 is 2.84 bits per heavy atom. The van der Waals surface area contributed by atoms with Crippen molar-refractivity contribution >= 4 is 5.91 Å². The number of alkyl halides is 2. The number of benzene rings is 1. The smallest absolute Gasteiger partial charge is 0.387 e. The van der Waals surface area contributed by atoms with Gasteiger partial charge in [0.15, 0.2) is 0 Å². The molecule has 0 unspecified atom stereocenters. The minimum atomic E-state index is -2.94. The zero-order valence-corrected chi connectivity index (χ0v) is 10.3. The van der Waals surface area contributed by atoms with E-state index in [1.54, 1.807) is 0 Å². The van der Waals surface area contributed by atoms with Crippen LogP contribution < -0.4 is 4.74 Å². The maximum Gasteiger partial charge on any atom is 0.387 e. The molecule has 1 aromatic carbocycles. The first kappa shape index (κ1) is 15.1. The van der Waals surface area contributed by atoms with Crippen LogP contribution in [0, 0.1) is 0 Å². The molecule has 0 aliphatic carbocycles. The van der Waals surface area contributed by atoms with Gasteiger partial charge < -0.3 is 14.7 Å². The van der Waals surface area contributed by atoms with Crippen LogP contribution in [-0.2, 0) is 0 Å². The summed E-state index contributed by atoms with van der Waals surface area (Å²) in [6.07, 6.45) is 1.52. The van der Waals surface area contributed by atoms with Gasteiger partial charge in [-0.2, -0.15) is 8.78 Å². The first-order chi connectivity index (χ1) is 9.08. The maximum atomic E-state index is 12.1. The molecule has 0 saturated carbocycles. The maximum absolute atomic E-state index is 12.1. The van der Waals surface area contributed by atoms with Gasteiger partial charge in [-0.3, -0.25) is 4.79 Å². The molecule has 0 fully saturated rings. The quantitative estimate of drug-likeness (QED) is 0.771. The van der Waals surface area contributed by atoms with Crippen molar-refractivity contribution in [2.45, 2.75) is 6.61 Å². The summed E-state index contributed by atoms with van der Waals surface area (Å²) in [5.74, 6) is -0.461. The Labute approximate surface area is 109 Å². The topological polar surface area (TPSA) is 49.8 Å². The lowest BCUT2D eigenvalue weighted by atomic mass is 10.2. The second-order valence-electron chi connectivity index (χ2n) is 3.67. The molecular weight excluding hydrogens is 256 g/mol. The molecule has 0 aromatic heterocycles. The van der Waals surface area contributed by atoms with Crippen molar-refractivity contribution in [1.82, 2.24) is 4.90 Å². The van der Waals surface area contributed by atoms with E-state index in [4.69, 9.17) is 5.11 Å². The van der Waals surface area contributed by atoms with E-state index < -0.39 is 6.61 Å². The number of rotatable bonds is 7. The summed E-state index contributed by atoms with van der Waals surface area (Å²) in [4.78, 5) is 13.4. The number of carbonyl (C=O) groups is 1. The number of hydrogen-bond donors (Lipinski definition) is 1. The molecule has 1 N–H and O–H groups in total. The van der Waals surface area contributed by atoms with Gasteiger partial charge in [0.05, 0.1) is 6.61 Å². The van der Waals surface area contributed by atoms with Crippen LogP contribution in [0.25, 0.3) is 0 Å². The average molecular weight is 271 g/mol. The van der Waals surface area contributed by atoms with Gasteiger partial charge in [0.2, 0.25) is 0 Å². The Hall–Kier alpha value is -1.95. The predicted octanol–water partition coefficient (Wildman–Crippen LogP) is 1.91. The SMILES string of the molecule is C=CCN(CCO)C(=O)c1cccc(OC(F)F)c1. The van der Waals surface area contributed by atoms with Crippen LogP contribution in [0.3, 0.4) is 0 Å². The van der Waals surface area contributed by atoms with Gasteiger partial charge in [0, 0.05) is 18.7 Å². The van der Waals surface area contributed by atoms with Crippen LogP contribution in [0.5, 0.6) is 5.75 Å². The van der Waals surface area contributed by atoms with Crippen molar-refractivity contribution in [3.8, 4) is 5.75 Å². The summed E-state index contributed by atoms with van der Waals surface area (Å²) in [6.45, 7) is 0.798. The number of ether oxygens (including phenoxy) is 1. The number of halogens is 2. The number of carbonyl (C=O) groups excluding carboxylic acids is 1. The standard InChI is InChI=1S/C13H15F2NO3/c1-2-6-16(7-8-17)12(18)10-4-3-5-11(9-10)19-13(14)15/h2-5,9,13,17H,1,6-8H2. The zero-order valence-electron chi connectivity index (χ0n) is 10.3. The van der Waals surface area contributed by atoms with Crippen LogP contribution in [-0.4, -0.2) is 42.2 Å². The van der Waals surface area contributed by atoms with Gasteiger partial charge in [-0.15, -0.1) is 6.58 Å². The van der Waals surface area contributed by atoms with E-state index in [0.717, 1.165) is 0 Å². The molecule has 1 rings (SSSR count). The van der Waals surface area contributed by atoms with Crippen molar-refractivity contribution in [2.24, 2.45) is 0 Å². The van der Waals surface area contributed by atoms with Gasteiger partial charge in [0.1, 0.15) is 5.75 Å². The summed E-state index contributed by atoms with van der Waals surface area (Å²) in [7, 11) is 0. The molecule has 19 heavy (non-hydrogen) atoms. The molecule has 104 valence electrons. The minimum absolute atomic E-state index is 0.0802. The number of nitrogens with zero attached hydrogens (tertiary/aromatic N) is 1. The lowest BCUT2D eigenvalue weighted by molar-refractivity contribution is -0.0499. The highest BCUT2D eigenvalue weighted by Gasteiger charge is 2.15. The molecule has 0 heterocycles. The molecule has 0 spiro atoms. The van der Waals surface area contributed by atoms with E-state index in [2.05, 4.69) is 11.3 Å². The summed E-state index contributed by atoms with van der Waals surface area (Å²) >= 11 is 0. The number of hydrogen-bond acceptors (Lipinski definition) is 3. The lowest BCUT2D eigenvalue weighted by Crippen LogP contribution is -2.33. The van der Waals surface area contributed by atoms with Gasteiger partial charge >= 0.3 is 6.61 Å². The number of aliphatic hydroxyl groups excluding tert-OH is 1. The van der Waals surface area contributed by atoms with Crippen molar-refractivity contribution < 1.29 is 23.4 Å². The van der Waals surface area contributed by atoms with E-state index in [9.17, 15) is 13.6 Å². The monoisotopic (exact) mass is 271 g/mol. The Bertz CT molecular complexity index is 438. The molecule has 1 amide bonds. The van der Waals surface area contributed by atoms with Crippen LogP contribution in [0.15, 0.2) is 36.9 Å². The van der Waals surface area contributed by atoms with Crippen LogP contribution in [0.2, 0.25) is 0 Å². The average Bonchev–Trinajstić information content (AvgIpc) is 2.37. The molecule has 0 aliphatic rings. The minimum Gasteiger partial charge on any atom is -0.435 e. The third kappa shape index (κ3) is 4.67. The number of amides is 1.